The molecule has 1 aromatic rings. The molecule has 1 aliphatic carbocycles. The van der Waals surface area contributed by atoms with Crippen LogP contribution in [0.4, 0.5) is 0 Å². The van der Waals surface area contributed by atoms with E-state index >= 15 is 0 Å². The molecule has 1 aromatic carbocycles. The highest BCUT2D eigenvalue weighted by molar-refractivity contribution is 8.14. The predicted octanol–water partition coefficient (Wildman–Crippen LogP) is 4.77. The summed E-state index contributed by atoms with van der Waals surface area (Å²) < 4.78 is 16.8. The molecule has 3 rings (SSSR count). The summed E-state index contributed by atoms with van der Waals surface area (Å²) >= 11 is 0.811. The zero-order valence-corrected chi connectivity index (χ0v) is 25.3. The van der Waals surface area contributed by atoms with Crippen LogP contribution < -0.4 is 4.74 Å². The van der Waals surface area contributed by atoms with E-state index in [2.05, 4.69) is 40.4 Å². The average molecular weight is 571 g/mol. The van der Waals surface area contributed by atoms with Crippen LogP contribution >= 0.6 is 11.8 Å². The van der Waals surface area contributed by atoms with E-state index < -0.39 is 43.5 Å². The van der Waals surface area contributed by atoms with Gasteiger partial charge >= 0.3 is 11.9 Å². The van der Waals surface area contributed by atoms with Gasteiger partial charge in [0.2, 0.25) is 11.0 Å². The van der Waals surface area contributed by atoms with Crippen LogP contribution in [0.25, 0.3) is 0 Å². The van der Waals surface area contributed by atoms with Gasteiger partial charge in [-0.05, 0) is 62.9 Å². The normalized spacial score (nSPS) is 20.8. The van der Waals surface area contributed by atoms with Gasteiger partial charge in [-0.1, -0.05) is 51.3 Å². The lowest BCUT2D eigenvalue weighted by atomic mass is 9.92. The third-order valence-corrected chi connectivity index (χ3v) is 13.0. The summed E-state index contributed by atoms with van der Waals surface area (Å²) in [6.45, 7) is 15.4. The number of carbonyl (C=O) groups is 4. The summed E-state index contributed by atoms with van der Waals surface area (Å²) in [6, 6.07) is 5.10. The molecule has 0 aromatic heterocycles. The topological polar surface area (TPSA) is 99.2 Å². The number of thioether (sulfide) groups is 1. The van der Waals surface area contributed by atoms with Gasteiger partial charge in [0.05, 0.1) is 19.1 Å². The molecule has 2 amide bonds. The number of benzene rings is 1. The van der Waals surface area contributed by atoms with E-state index in [0.717, 1.165) is 28.1 Å². The molecule has 39 heavy (non-hydrogen) atoms. The van der Waals surface area contributed by atoms with Gasteiger partial charge in [-0.3, -0.25) is 19.3 Å². The van der Waals surface area contributed by atoms with Gasteiger partial charge in [-0.25, -0.2) is 4.79 Å². The number of imide groups is 1. The largest absolute Gasteiger partial charge is 0.496 e. The Morgan fingerprint density at radius 1 is 1.18 bits per heavy atom. The van der Waals surface area contributed by atoms with Gasteiger partial charge in [-0.2, -0.15) is 0 Å². The molecular weight excluding hydrogens is 534 g/mol. The summed E-state index contributed by atoms with van der Waals surface area (Å²) in [6.07, 6.45) is 8.45. The molecule has 0 bridgehead atoms. The Hall–Kier alpha value is -2.43. The molecule has 1 aliphatic heterocycles. The highest BCUT2D eigenvalue weighted by Gasteiger charge is 2.57. The molecule has 8 nitrogen and oxygen atoms in total. The van der Waals surface area contributed by atoms with Gasteiger partial charge in [0.1, 0.15) is 17.7 Å². The van der Waals surface area contributed by atoms with Crippen LogP contribution in [0.1, 0.15) is 43.6 Å². The maximum atomic E-state index is 13.4. The lowest BCUT2D eigenvalue weighted by Crippen LogP contribution is -2.67. The molecule has 5 radical (unpaired) electrons. The summed E-state index contributed by atoms with van der Waals surface area (Å²) in [5.74, 6) is -2.20. The molecule has 3 atom stereocenters. The number of rotatable bonds is 9. The molecular formula is C29H36NO7SSi. The van der Waals surface area contributed by atoms with E-state index in [1.54, 1.807) is 25.1 Å². The van der Waals surface area contributed by atoms with Crippen molar-refractivity contribution in [2.75, 3.05) is 13.7 Å². The Morgan fingerprint density at radius 3 is 2.38 bits per heavy atom. The maximum Gasteiger partial charge on any atom is 0.397 e. The lowest BCUT2D eigenvalue weighted by Gasteiger charge is -2.49. The van der Waals surface area contributed by atoms with E-state index in [1.165, 1.54) is 13.2 Å². The smallest absolute Gasteiger partial charge is 0.397 e. The van der Waals surface area contributed by atoms with Crippen LogP contribution in [0.15, 0.2) is 30.9 Å². The Kier molecular flexibility index (Phi) is 9.88. The fourth-order valence-electron chi connectivity index (χ4n) is 4.06. The number of hydrogen-bond acceptors (Lipinski definition) is 8. The van der Waals surface area contributed by atoms with Crippen LogP contribution in [0.2, 0.25) is 18.1 Å². The number of ether oxygens (including phenoxy) is 2. The van der Waals surface area contributed by atoms with Crippen molar-refractivity contribution in [2.24, 2.45) is 5.92 Å². The van der Waals surface area contributed by atoms with E-state index in [9.17, 15) is 19.2 Å². The highest BCUT2D eigenvalue weighted by Crippen LogP contribution is 2.44. The summed E-state index contributed by atoms with van der Waals surface area (Å²) in [7, 11) is -0.752. The molecule has 0 N–H and O–H groups in total. The molecule has 10 heteroatoms. The number of likely N-dealkylation sites (tertiary alicyclic amines) is 1. The van der Waals surface area contributed by atoms with Crippen LogP contribution in [0.5, 0.6) is 5.75 Å². The summed E-state index contributed by atoms with van der Waals surface area (Å²) in [5.41, 5.74) is 1.17. The standard InChI is InChI=1S/C29H36NO7SSi/c1-9-16-36-27(33)25(32)30-24(31)23(18(2)37-39(7,8)29(3,4)5)26(30)38-28(34)20-14-15-21(22(17-20)35-6)19-12-10-11-13-19/h9-15,17-18,23,26H,1,16H2,2-8H3/t18-,23+,26-/m1/s1. The van der Waals surface area contributed by atoms with Crippen molar-refractivity contribution in [3.8, 4) is 5.75 Å². The van der Waals surface area contributed by atoms with Crippen molar-refractivity contribution in [3.63, 3.8) is 0 Å². The second-order valence-electron chi connectivity index (χ2n) is 10.9. The van der Waals surface area contributed by atoms with Crippen LogP contribution in [0.3, 0.4) is 0 Å². The summed E-state index contributed by atoms with van der Waals surface area (Å²) in [5, 5.41) is -1.42. The minimum absolute atomic E-state index is 0.115. The Morgan fingerprint density at radius 2 is 1.82 bits per heavy atom. The van der Waals surface area contributed by atoms with Crippen LogP contribution in [-0.2, 0) is 23.5 Å². The van der Waals surface area contributed by atoms with E-state index in [4.69, 9.17) is 13.9 Å². The third kappa shape index (κ3) is 6.66. The Labute approximate surface area is 236 Å². The number of esters is 1. The minimum Gasteiger partial charge on any atom is -0.496 e. The molecule has 209 valence electrons. The van der Waals surface area contributed by atoms with Gasteiger partial charge in [0.15, 0.2) is 8.32 Å². The monoisotopic (exact) mass is 570 g/mol. The van der Waals surface area contributed by atoms with E-state index in [1.807, 2.05) is 25.7 Å². The fraction of sp³-hybridized carbons (Fsp3) is 0.414. The number of methoxy groups -OCH3 is 1. The van der Waals surface area contributed by atoms with E-state index in [0.29, 0.717) is 11.3 Å². The zero-order chi connectivity index (χ0) is 29.1. The van der Waals surface area contributed by atoms with Crippen LogP contribution in [0, 0.1) is 37.5 Å². The first kappa shape index (κ1) is 31.1. The van der Waals surface area contributed by atoms with Crippen molar-refractivity contribution in [1.29, 1.82) is 0 Å². The van der Waals surface area contributed by atoms with Gasteiger partial charge in [0, 0.05) is 17.0 Å². The third-order valence-electron chi connectivity index (χ3n) is 7.24. The Balaban J connectivity index is 1.87. The fourth-order valence-corrected chi connectivity index (χ4v) is 6.76. The van der Waals surface area contributed by atoms with Crippen LogP contribution in [-0.4, -0.2) is 61.3 Å². The number of β-lactam (4-membered cyclic amide) rings is 1. The van der Waals surface area contributed by atoms with Crippen molar-refractivity contribution in [3.05, 3.63) is 73.6 Å². The number of nitrogens with zero attached hydrogens (tertiary/aromatic N) is 1. The second-order valence-corrected chi connectivity index (χ2v) is 16.7. The lowest BCUT2D eigenvalue weighted by molar-refractivity contribution is -0.174. The Bertz CT molecular complexity index is 1120. The second kappa shape index (κ2) is 12.4. The number of amides is 2. The van der Waals surface area contributed by atoms with Gasteiger partial charge in [0.25, 0.3) is 0 Å². The maximum absolute atomic E-state index is 13.4. The molecule has 1 saturated carbocycles. The minimum atomic E-state index is -2.28. The van der Waals surface area contributed by atoms with Gasteiger partial charge in [-0.15, -0.1) is 0 Å². The molecule has 2 fully saturated rings. The van der Waals surface area contributed by atoms with E-state index in [-0.39, 0.29) is 16.8 Å². The number of hydrogen-bond donors (Lipinski definition) is 0. The quantitative estimate of drug-likeness (QED) is 0.138. The highest BCUT2D eigenvalue weighted by atomic mass is 32.2. The van der Waals surface area contributed by atoms with Crippen molar-refractivity contribution in [1.82, 2.24) is 4.90 Å². The van der Waals surface area contributed by atoms with Crippen molar-refractivity contribution >= 4 is 43.0 Å². The average Bonchev–Trinajstić information content (AvgIpc) is 3.40. The summed E-state index contributed by atoms with van der Waals surface area (Å²) in [4.78, 5) is 52.7. The SMILES string of the molecule is C=CCOC(=O)C(=O)N1C(=O)[C@H]([C@@H](C)O[Si](C)(C)C(C)(C)C)[C@H]1SC(=O)c1ccc([C]2[CH][CH][CH][CH]2)c(OC)c1. The molecule has 0 spiro atoms. The first-order valence-electron chi connectivity index (χ1n) is 12.7. The van der Waals surface area contributed by atoms with Crippen molar-refractivity contribution < 1.29 is 33.1 Å². The molecule has 2 aliphatic rings. The molecule has 1 saturated heterocycles. The predicted molar refractivity (Wildman–Crippen MR) is 152 cm³/mol. The zero-order valence-electron chi connectivity index (χ0n) is 23.5. The molecule has 0 unspecified atom stereocenters. The first-order valence-corrected chi connectivity index (χ1v) is 16.5. The van der Waals surface area contributed by atoms with Gasteiger partial charge < -0.3 is 13.9 Å². The molecule has 1 heterocycles. The number of carbonyl (C=O) groups excluding carboxylic acids is 4. The first-order chi connectivity index (χ1) is 18.2. The van der Waals surface area contributed by atoms with Crippen molar-refractivity contribution in [2.45, 2.75) is 57.3 Å².